The zero-order valence-electron chi connectivity index (χ0n) is 13.9. The van der Waals surface area contributed by atoms with E-state index in [2.05, 4.69) is 74.2 Å². The van der Waals surface area contributed by atoms with Gasteiger partial charge in [0.05, 0.1) is 0 Å². The first-order valence-electron chi connectivity index (χ1n) is 7.29. The maximum Gasteiger partial charge on any atom is 0.135 e. The summed E-state index contributed by atoms with van der Waals surface area (Å²) in [5.74, 6) is 2.23. The number of nitrogens with zero attached hydrogens (tertiary/aromatic N) is 3. The Morgan fingerprint density at radius 2 is 1.70 bits per heavy atom. The van der Waals surface area contributed by atoms with Crippen molar-refractivity contribution in [3.63, 3.8) is 0 Å². The standard InChI is InChI=1S/C15H29N5/c1-8-16-13-12(11(2)3)14(19-10-18-13)17-9-15(4,5)20(6)7/h10-11H,8-9H2,1-7H3,(H2,16,17,18,19). The molecular weight excluding hydrogens is 250 g/mol. The van der Waals surface area contributed by atoms with Gasteiger partial charge in [-0.25, -0.2) is 9.97 Å². The Hall–Kier alpha value is -1.36. The molecule has 2 N–H and O–H groups in total. The van der Waals surface area contributed by atoms with Crippen molar-refractivity contribution in [2.75, 3.05) is 37.8 Å². The van der Waals surface area contributed by atoms with Crippen molar-refractivity contribution in [2.24, 2.45) is 0 Å². The lowest BCUT2D eigenvalue weighted by atomic mass is 10.0. The molecule has 1 aromatic heterocycles. The predicted molar refractivity (Wildman–Crippen MR) is 86.5 cm³/mol. The second kappa shape index (κ2) is 6.88. The third kappa shape index (κ3) is 4.07. The van der Waals surface area contributed by atoms with Crippen LogP contribution in [0.3, 0.4) is 0 Å². The number of nitrogens with one attached hydrogen (secondary N) is 2. The second-order valence-corrected chi connectivity index (χ2v) is 6.23. The smallest absolute Gasteiger partial charge is 0.135 e. The third-order valence-corrected chi connectivity index (χ3v) is 3.70. The van der Waals surface area contributed by atoms with Crippen LogP contribution in [-0.4, -0.2) is 47.6 Å². The number of likely N-dealkylation sites (N-methyl/N-ethyl adjacent to an activating group) is 1. The Bertz CT molecular complexity index is 426. The van der Waals surface area contributed by atoms with Gasteiger partial charge in [-0.2, -0.15) is 0 Å². The third-order valence-electron chi connectivity index (χ3n) is 3.70. The monoisotopic (exact) mass is 279 g/mol. The van der Waals surface area contributed by atoms with Gasteiger partial charge in [0, 0.05) is 24.2 Å². The molecule has 1 aromatic rings. The van der Waals surface area contributed by atoms with Crippen LogP contribution in [0.25, 0.3) is 0 Å². The molecule has 0 aliphatic heterocycles. The van der Waals surface area contributed by atoms with Crippen LogP contribution < -0.4 is 10.6 Å². The molecule has 0 saturated carbocycles. The zero-order chi connectivity index (χ0) is 15.3. The molecule has 5 nitrogen and oxygen atoms in total. The van der Waals surface area contributed by atoms with Gasteiger partial charge >= 0.3 is 0 Å². The summed E-state index contributed by atoms with van der Waals surface area (Å²) in [5, 5.41) is 6.80. The molecule has 0 spiro atoms. The molecule has 0 aliphatic carbocycles. The van der Waals surface area contributed by atoms with E-state index in [-0.39, 0.29) is 5.54 Å². The van der Waals surface area contributed by atoms with Gasteiger partial charge in [-0.1, -0.05) is 13.8 Å². The highest BCUT2D eigenvalue weighted by molar-refractivity contribution is 5.59. The average molecular weight is 279 g/mol. The predicted octanol–water partition coefficient (Wildman–Crippen LogP) is 2.78. The van der Waals surface area contributed by atoms with E-state index in [1.54, 1.807) is 6.33 Å². The highest BCUT2D eigenvalue weighted by Crippen LogP contribution is 2.28. The molecule has 20 heavy (non-hydrogen) atoms. The summed E-state index contributed by atoms with van der Waals surface area (Å²) in [6.07, 6.45) is 1.62. The lowest BCUT2D eigenvalue weighted by Gasteiger charge is -2.33. The number of hydrogen-bond acceptors (Lipinski definition) is 5. The summed E-state index contributed by atoms with van der Waals surface area (Å²) in [6, 6.07) is 0. The molecule has 1 rings (SSSR count). The van der Waals surface area contributed by atoms with Crippen LogP contribution in [0, 0.1) is 0 Å². The highest BCUT2D eigenvalue weighted by Gasteiger charge is 2.22. The van der Waals surface area contributed by atoms with Crippen LogP contribution in [0.15, 0.2) is 6.33 Å². The molecule has 0 radical (unpaired) electrons. The number of hydrogen-bond donors (Lipinski definition) is 2. The molecule has 0 amide bonds. The molecule has 0 fully saturated rings. The van der Waals surface area contributed by atoms with Gasteiger partial charge in [-0.05, 0) is 40.8 Å². The van der Waals surface area contributed by atoms with Crippen LogP contribution in [0.2, 0.25) is 0 Å². The van der Waals surface area contributed by atoms with Gasteiger partial charge in [0.15, 0.2) is 0 Å². The first-order chi connectivity index (χ1) is 9.29. The summed E-state index contributed by atoms with van der Waals surface area (Å²) in [6.45, 7) is 12.5. The fraction of sp³-hybridized carbons (Fsp3) is 0.733. The molecule has 0 aromatic carbocycles. The molecule has 114 valence electrons. The van der Waals surface area contributed by atoms with E-state index in [0.717, 1.165) is 30.3 Å². The largest absolute Gasteiger partial charge is 0.370 e. The summed E-state index contributed by atoms with van der Waals surface area (Å²) >= 11 is 0. The van der Waals surface area contributed by atoms with E-state index >= 15 is 0 Å². The van der Waals surface area contributed by atoms with Crippen LogP contribution in [-0.2, 0) is 0 Å². The summed E-state index contributed by atoms with van der Waals surface area (Å²) in [7, 11) is 4.18. The maximum atomic E-state index is 4.42. The Kier molecular flexibility index (Phi) is 5.74. The van der Waals surface area contributed by atoms with Crippen LogP contribution in [0.5, 0.6) is 0 Å². The van der Waals surface area contributed by atoms with Gasteiger partial charge in [0.25, 0.3) is 0 Å². The lowest BCUT2D eigenvalue weighted by molar-refractivity contribution is 0.210. The Morgan fingerprint density at radius 3 is 2.15 bits per heavy atom. The first-order valence-corrected chi connectivity index (χ1v) is 7.29. The van der Waals surface area contributed by atoms with Crippen LogP contribution >= 0.6 is 0 Å². The first kappa shape index (κ1) is 16.7. The highest BCUT2D eigenvalue weighted by atomic mass is 15.2. The average Bonchev–Trinajstić information content (AvgIpc) is 2.36. The van der Waals surface area contributed by atoms with E-state index < -0.39 is 0 Å². The van der Waals surface area contributed by atoms with Crippen molar-refractivity contribution < 1.29 is 0 Å². The molecule has 0 saturated heterocycles. The Morgan fingerprint density at radius 1 is 1.15 bits per heavy atom. The van der Waals surface area contributed by atoms with Crippen molar-refractivity contribution in [3.8, 4) is 0 Å². The number of aromatic nitrogens is 2. The fourth-order valence-corrected chi connectivity index (χ4v) is 1.85. The minimum Gasteiger partial charge on any atom is -0.370 e. The summed E-state index contributed by atoms with van der Waals surface area (Å²) in [5.41, 5.74) is 1.22. The zero-order valence-corrected chi connectivity index (χ0v) is 13.9. The van der Waals surface area contributed by atoms with Gasteiger partial charge in [-0.15, -0.1) is 0 Å². The number of rotatable bonds is 7. The van der Waals surface area contributed by atoms with E-state index in [9.17, 15) is 0 Å². The molecule has 0 atom stereocenters. The molecular formula is C15H29N5. The Labute approximate surface area is 123 Å². The van der Waals surface area contributed by atoms with E-state index in [1.807, 2.05) is 0 Å². The van der Waals surface area contributed by atoms with Crippen molar-refractivity contribution in [1.82, 2.24) is 14.9 Å². The normalized spacial score (nSPS) is 12.1. The number of anilines is 2. The van der Waals surface area contributed by atoms with Gasteiger partial charge in [0.2, 0.25) is 0 Å². The SMILES string of the molecule is CCNc1ncnc(NCC(C)(C)N(C)C)c1C(C)C. The molecule has 0 unspecified atom stereocenters. The quantitative estimate of drug-likeness (QED) is 0.804. The summed E-state index contributed by atoms with van der Waals surface area (Å²) < 4.78 is 0. The second-order valence-electron chi connectivity index (χ2n) is 6.23. The van der Waals surface area contributed by atoms with Crippen molar-refractivity contribution in [3.05, 3.63) is 11.9 Å². The molecule has 0 aliphatic rings. The lowest BCUT2D eigenvalue weighted by Crippen LogP contribution is -2.44. The fourth-order valence-electron chi connectivity index (χ4n) is 1.85. The summed E-state index contributed by atoms with van der Waals surface area (Å²) in [4.78, 5) is 11.0. The van der Waals surface area contributed by atoms with Gasteiger partial charge in [0.1, 0.15) is 18.0 Å². The molecule has 0 bridgehead atoms. The Balaban J connectivity index is 2.97. The maximum absolute atomic E-state index is 4.42. The van der Waals surface area contributed by atoms with Crippen LogP contribution in [0.1, 0.15) is 46.1 Å². The molecule has 1 heterocycles. The van der Waals surface area contributed by atoms with Gasteiger partial charge in [-0.3, -0.25) is 0 Å². The van der Waals surface area contributed by atoms with Crippen molar-refractivity contribution >= 4 is 11.6 Å². The minimum absolute atomic E-state index is 0.0670. The van der Waals surface area contributed by atoms with E-state index in [0.29, 0.717) is 5.92 Å². The van der Waals surface area contributed by atoms with Crippen molar-refractivity contribution in [1.29, 1.82) is 0 Å². The van der Waals surface area contributed by atoms with E-state index in [4.69, 9.17) is 0 Å². The molecule has 5 heteroatoms. The van der Waals surface area contributed by atoms with E-state index in [1.165, 1.54) is 0 Å². The van der Waals surface area contributed by atoms with Gasteiger partial charge < -0.3 is 15.5 Å². The van der Waals surface area contributed by atoms with Crippen LogP contribution in [0.4, 0.5) is 11.6 Å². The van der Waals surface area contributed by atoms with Crippen molar-refractivity contribution in [2.45, 2.75) is 46.1 Å². The topological polar surface area (TPSA) is 53.1 Å². The minimum atomic E-state index is 0.0670.